The first kappa shape index (κ1) is 14.0. The molecule has 112 valence electrons. The highest BCUT2D eigenvalue weighted by Gasteiger charge is 2.67. The molecule has 1 N–H and O–H groups in total. The summed E-state index contributed by atoms with van der Waals surface area (Å²) in [7, 11) is 1.52. The number of nitrogens with zero attached hydrogens (tertiary/aromatic N) is 1. The van der Waals surface area contributed by atoms with E-state index in [0.29, 0.717) is 24.2 Å². The van der Waals surface area contributed by atoms with E-state index in [2.05, 4.69) is 0 Å². The summed E-state index contributed by atoms with van der Waals surface area (Å²) >= 11 is 0. The standard InChI is InChI=1S/C15H17NO5/c1-21-10-5-2-4-9(8-10)12-11-6-3-7-15(18,14(11)17)13(12)16(19)20/h2,4-5,8,11-13,18H,3,6-7H2,1H3/t11-,12-,13-,15-/m1/s1. The Labute approximate surface area is 121 Å². The van der Waals surface area contributed by atoms with Gasteiger partial charge < -0.3 is 9.84 Å². The number of aliphatic hydroxyl groups is 1. The number of Topliss-reactive ketones (excluding diaryl/α,β-unsaturated/α-hetero) is 1. The van der Waals surface area contributed by atoms with Crippen LogP contribution in [0, 0.1) is 16.0 Å². The van der Waals surface area contributed by atoms with E-state index in [4.69, 9.17) is 4.74 Å². The second-order valence-corrected chi connectivity index (χ2v) is 5.82. The fourth-order valence-electron chi connectivity index (χ4n) is 3.89. The van der Waals surface area contributed by atoms with Crippen molar-refractivity contribution in [1.82, 2.24) is 0 Å². The van der Waals surface area contributed by atoms with Gasteiger partial charge in [0.1, 0.15) is 5.75 Å². The zero-order valence-corrected chi connectivity index (χ0v) is 11.7. The van der Waals surface area contributed by atoms with E-state index in [-0.39, 0.29) is 12.2 Å². The van der Waals surface area contributed by atoms with Crippen molar-refractivity contribution < 1.29 is 19.6 Å². The Morgan fingerprint density at radius 3 is 2.90 bits per heavy atom. The molecule has 0 heterocycles. The quantitative estimate of drug-likeness (QED) is 0.674. The minimum Gasteiger partial charge on any atom is -0.497 e. The fourth-order valence-corrected chi connectivity index (χ4v) is 3.89. The van der Waals surface area contributed by atoms with Gasteiger partial charge in [-0.2, -0.15) is 0 Å². The Morgan fingerprint density at radius 2 is 2.24 bits per heavy atom. The summed E-state index contributed by atoms with van der Waals surface area (Å²) in [4.78, 5) is 23.4. The second-order valence-electron chi connectivity index (χ2n) is 5.82. The van der Waals surface area contributed by atoms with Crippen LogP contribution in [0.5, 0.6) is 5.75 Å². The average molecular weight is 291 g/mol. The summed E-state index contributed by atoms with van der Waals surface area (Å²) in [6.07, 6.45) is 1.40. The molecule has 2 aliphatic rings. The SMILES string of the molecule is COc1cccc([C@@H]2[C@H]3CCC[C@](O)(C3=O)[C@@H]2[N+](=O)[O-])c1. The summed E-state index contributed by atoms with van der Waals surface area (Å²) in [5.74, 6) is -0.847. The van der Waals surface area contributed by atoms with Gasteiger partial charge in [0.05, 0.1) is 13.0 Å². The number of methoxy groups -OCH3 is 1. The Morgan fingerprint density at radius 1 is 1.48 bits per heavy atom. The van der Waals surface area contributed by atoms with E-state index < -0.39 is 28.4 Å². The number of nitro groups is 1. The largest absolute Gasteiger partial charge is 0.497 e. The molecular formula is C15H17NO5. The molecule has 0 radical (unpaired) electrons. The number of hydrogen-bond donors (Lipinski definition) is 1. The molecule has 4 atom stereocenters. The first-order chi connectivity index (χ1) is 9.99. The molecule has 21 heavy (non-hydrogen) atoms. The molecular weight excluding hydrogens is 274 g/mol. The molecule has 6 nitrogen and oxygen atoms in total. The highest BCUT2D eigenvalue weighted by molar-refractivity contribution is 5.94. The minimum absolute atomic E-state index is 0.175. The van der Waals surface area contributed by atoms with Crippen molar-refractivity contribution in [2.45, 2.75) is 36.8 Å². The molecule has 0 saturated heterocycles. The van der Waals surface area contributed by atoms with Crippen LogP contribution in [0.1, 0.15) is 30.7 Å². The van der Waals surface area contributed by atoms with Crippen LogP contribution in [-0.4, -0.2) is 34.6 Å². The predicted octanol–water partition coefficient (Wildman–Crippen LogP) is 1.54. The van der Waals surface area contributed by atoms with Gasteiger partial charge in [0.15, 0.2) is 11.4 Å². The average Bonchev–Trinajstić information content (AvgIpc) is 2.60. The molecule has 2 aliphatic carbocycles. The molecule has 2 bridgehead atoms. The minimum atomic E-state index is -1.82. The molecule has 0 aliphatic heterocycles. The second kappa shape index (κ2) is 4.80. The first-order valence-corrected chi connectivity index (χ1v) is 7.03. The maximum atomic E-state index is 12.4. The van der Waals surface area contributed by atoms with Crippen LogP contribution < -0.4 is 4.74 Å². The molecule has 0 unspecified atom stereocenters. The van der Waals surface area contributed by atoms with E-state index in [0.717, 1.165) is 0 Å². The van der Waals surface area contributed by atoms with E-state index in [9.17, 15) is 20.0 Å². The van der Waals surface area contributed by atoms with Crippen LogP contribution in [0.25, 0.3) is 0 Å². The number of fused-ring (bicyclic) bond motifs is 2. The normalized spacial score (nSPS) is 34.8. The topological polar surface area (TPSA) is 89.7 Å². The number of benzene rings is 1. The fraction of sp³-hybridized carbons (Fsp3) is 0.533. The van der Waals surface area contributed by atoms with E-state index >= 15 is 0 Å². The van der Waals surface area contributed by atoms with Gasteiger partial charge in [-0.3, -0.25) is 14.9 Å². The lowest BCUT2D eigenvalue weighted by molar-refractivity contribution is -0.542. The summed E-state index contributed by atoms with van der Waals surface area (Å²) in [5, 5.41) is 22.1. The van der Waals surface area contributed by atoms with Gasteiger partial charge in [0.25, 0.3) is 6.04 Å². The summed E-state index contributed by atoms with van der Waals surface area (Å²) in [5.41, 5.74) is -1.13. The van der Waals surface area contributed by atoms with Crippen LogP contribution in [0.4, 0.5) is 0 Å². The van der Waals surface area contributed by atoms with Crippen molar-refractivity contribution in [1.29, 1.82) is 0 Å². The van der Waals surface area contributed by atoms with Crippen molar-refractivity contribution >= 4 is 5.78 Å². The number of ketones is 1. The number of rotatable bonds is 3. The van der Waals surface area contributed by atoms with Gasteiger partial charge in [0.2, 0.25) is 0 Å². The summed E-state index contributed by atoms with van der Waals surface area (Å²) < 4.78 is 5.16. The first-order valence-electron chi connectivity index (χ1n) is 7.03. The van der Waals surface area contributed by atoms with Crippen molar-refractivity contribution in [2.24, 2.45) is 5.92 Å². The van der Waals surface area contributed by atoms with Gasteiger partial charge in [-0.25, -0.2) is 0 Å². The predicted molar refractivity (Wildman–Crippen MR) is 73.8 cm³/mol. The highest BCUT2D eigenvalue weighted by Crippen LogP contribution is 2.52. The van der Waals surface area contributed by atoms with Crippen LogP contribution in [0.3, 0.4) is 0 Å². The van der Waals surface area contributed by atoms with E-state index in [1.165, 1.54) is 7.11 Å². The van der Waals surface area contributed by atoms with Crippen molar-refractivity contribution in [3.63, 3.8) is 0 Å². The zero-order chi connectivity index (χ0) is 15.2. The Hall–Kier alpha value is -1.95. The third-order valence-electron chi connectivity index (χ3n) is 4.81. The molecule has 3 rings (SSSR count). The molecule has 0 spiro atoms. The van der Waals surface area contributed by atoms with Crippen LogP contribution >= 0.6 is 0 Å². The lowest BCUT2D eigenvalue weighted by Crippen LogP contribution is -2.49. The Kier molecular flexibility index (Phi) is 3.20. The highest BCUT2D eigenvalue weighted by atomic mass is 16.6. The molecule has 2 saturated carbocycles. The van der Waals surface area contributed by atoms with Crippen molar-refractivity contribution in [3.05, 3.63) is 39.9 Å². The molecule has 1 aromatic carbocycles. The number of ether oxygens (including phenoxy) is 1. The Bertz CT molecular complexity index is 601. The smallest absolute Gasteiger partial charge is 0.255 e. The monoisotopic (exact) mass is 291 g/mol. The lowest BCUT2D eigenvalue weighted by atomic mass is 9.82. The van der Waals surface area contributed by atoms with Crippen LogP contribution in [0.2, 0.25) is 0 Å². The van der Waals surface area contributed by atoms with Crippen LogP contribution in [0.15, 0.2) is 24.3 Å². The Balaban J connectivity index is 2.10. The molecule has 0 amide bonds. The van der Waals surface area contributed by atoms with Gasteiger partial charge in [0, 0.05) is 10.8 Å². The maximum absolute atomic E-state index is 12.4. The summed E-state index contributed by atoms with van der Waals surface area (Å²) in [6, 6.07) is 5.72. The lowest BCUT2D eigenvalue weighted by Gasteiger charge is -2.25. The number of hydrogen-bond acceptors (Lipinski definition) is 5. The molecule has 1 aromatic rings. The molecule has 2 fully saturated rings. The third-order valence-corrected chi connectivity index (χ3v) is 4.81. The van der Waals surface area contributed by atoms with Gasteiger partial charge in [-0.1, -0.05) is 12.1 Å². The van der Waals surface area contributed by atoms with E-state index in [1.54, 1.807) is 24.3 Å². The summed E-state index contributed by atoms with van der Waals surface area (Å²) in [6.45, 7) is 0. The zero-order valence-electron chi connectivity index (χ0n) is 11.7. The van der Waals surface area contributed by atoms with Gasteiger partial charge in [-0.15, -0.1) is 0 Å². The van der Waals surface area contributed by atoms with Gasteiger partial charge in [-0.05, 0) is 37.0 Å². The third kappa shape index (κ3) is 1.93. The van der Waals surface area contributed by atoms with E-state index in [1.807, 2.05) is 0 Å². The number of carbonyl (C=O) groups excluding carboxylic acids is 1. The van der Waals surface area contributed by atoms with Crippen molar-refractivity contribution in [3.8, 4) is 5.75 Å². The molecule has 0 aromatic heterocycles. The van der Waals surface area contributed by atoms with Crippen molar-refractivity contribution in [2.75, 3.05) is 7.11 Å². The molecule has 6 heteroatoms. The number of carbonyl (C=O) groups is 1. The van der Waals surface area contributed by atoms with Crippen LogP contribution in [-0.2, 0) is 4.79 Å². The van der Waals surface area contributed by atoms with Gasteiger partial charge >= 0.3 is 0 Å². The maximum Gasteiger partial charge on any atom is 0.255 e.